The van der Waals surface area contributed by atoms with Crippen LogP contribution >= 0.6 is 23.2 Å². The molecule has 118 valence electrons. The van der Waals surface area contributed by atoms with Gasteiger partial charge in [-0.3, -0.25) is 0 Å². The van der Waals surface area contributed by atoms with E-state index in [1.165, 1.54) is 22.4 Å². The van der Waals surface area contributed by atoms with Gasteiger partial charge in [-0.1, -0.05) is 66.5 Å². The zero-order valence-electron chi connectivity index (χ0n) is 13.0. The molecule has 2 aromatic rings. The highest BCUT2D eigenvalue weighted by molar-refractivity contribution is 6.42. The van der Waals surface area contributed by atoms with Crippen molar-refractivity contribution in [3.8, 4) is 0 Å². The average Bonchev–Trinajstić information content (AvgIpc) is 3.06. The Morgan fingerprint density at radius 1 is 1.13 bits per heavy atom. The Balaban J connectivity index is 1.82. The molecule has 2 aromatic carbocycles. The quantitative estimate of drug-likeness (QED) is 0.623. The fourth-order valence-electron chi connectivity index (χ4n) is 4.02. The standard InChI is InChI=1S/C20H19Cl2N/c1-2-12-5-3-7-15-14-6-4-8-16(14)20(23-19(12)15)13-9-10-17(21)18(22)11-13/h3-7,9-11,14,16,20,23H,2,8H2,1H3/t14-,16-,20-/m1/s1. The van der Waals surface area contributed by atoms with Crippen LogP contribution in [0.5, 0.6) is 0 Å². The van der Waals surface area contributed by atoms with Crippen molar-refractivity contribution in [3.05, 3.63) is 75.3 Å². The van der Waals surface area contributed by atoms with E-state index < -0.39 is 0 Å². The van der Waals surface area contributed by atoms with Gasteiger partial charge in [0.25, 0.3) is 0 Å². The van der Waals surface area contributed by atoms with Crippen molar-refractivity contribution in [2.45, 2.75) is 31.7 Å². The smallest absolute Gasteiger partial charge is 0.0595 e. The van der Waals surface area contributed by atoms with Crippen molar-refractivity contribution in [3.63, 3.8) is 0 Å². The maximum atomic E-state index is 6.26. The Morgan fingerprint density at radius 2 is 2.00 bits per heavy atom. The number of aryl methyl sites for hydroxylation is 1. The van der Waals surface area contributed by atoms with E-state index in [-0.39, 0.29) is 6.04 Å². The highest BCUT2D eigenvalue weighted by atomic mass is 35.5. The number of hydrogen-bond donors (Lipinski definition) is 1. The lowest BCUT2D eigenvalue weighted by atomic mass is 9.76. The fraction of sp³-hybridized carbons (Fsp3) is 0.300. The first-order chi connectivity index (χ1) is 11.2. The van der Waals surface area contributed by atoms with E-state index in [9.17, 15) is 0 Å². The maximum absolute atomic E-state index is 6.26. The zero-order chi connectivity index (χ0) is 16.0. The summed E-state index contributed by atoms with van der Waals surface area (Å²) >= 11 is 12.4. The summed E-state index contributed by atoms with van der Waals surface area (Å²) in [5.74, 6) is 1.02. The zero-order valence-corrected chi connectivity index (χ0v) is 14.5. The molecule has 1 aliphatic heterocycles. The van der Waals surface area contributed by atoms with Crippen LogP contribution < -0.4 is 5.32 Å². The second-order valence-corrected chi connectivity index (χ2v) is 7.20. The van der Waals surface area contributed by atoms with Crippen LogP contribution in [-0.4, -0.2) is 0 Å². The van der Waals surface area contributed by atoms with Gasteiger partial charge in [-0.2, -0.15) is 0 Å². The first-order valence-electron chi connectivity index (χ1n) is 8.19. The molecule has 0 bridgehead atoms. The van der Waals surface area contributed by atoms with Crippen LogP contribution in [0.25, 0.3) is 0 Å². The Labute approximate surface area is 147 Å². The Morgan fingerprint density at radius 3 is 2.78 bits per heavy atom. The second-order valence-electron chi connectivity index (χ2n) is 6.38. The molecule has 0 saturated carbocycles. The third-order valence-electron chi connectivity index (χ3n) is 5.17. The van der Waals surface area contributed by atoms with E-state index in [1.54, 1.807) is 0 Å². The van der Waals surface area contributed by atoms with Gasteiger partial charge in [-0.15, -0.1) is 0 Å². The molecule has 0 radical (unpaired) electrons. The highest BCUT2D eigenvalue weighted by Gasteiger charge is 2.38. The summed E-state index contributed by atoms with van der Waals surface area (Å²) in [6, 6.07) is 12.9. The van der Waals surface area contributed by atoms with E-state index in [2.05, 4.69) is 48.7 Å². The fourth-order valence-corrected chi connectivity index (χ4v) is 4.32. The van der Waals surface area contributed by atoms with Gasteiger partial charge in [-0.05, 0) is 47.6 Å². The lowest BCUT2D eigenvalue weighted by molar-refractivity contribution is 0.425. The Bertz CT molecular complexity index is 781. The van der Waals surface area contributed by atoms with Gasteiger partial charge < -0.3 is 5.32 Å². The van der Waals surface area contributed by atoms with E-state index >= 15 is 0 Å². The summed E-state index contributed by atoms with van der Waals surface area (Å²) in [7, 11) is 0. The molecule has 0 amide bonds. The molecule has 1 N–H and O–H groups in total. The summed E-state index contributed by atoms with van der Waals surface area (Å²) in [5.41, 5.74) is 5.33. The van der Waals surface area contributed by atoms with Crippen molar-refractivity contribution in [2.75, 3.05) is 5.32 Å². The summed E-state index contributed by atoms with van der Waals surface area (Å²) in [4.78, 5) is 0. The maximum Gasteiger partial charge on any atom is 0.0595 e. The third kappa shape index (κ3) is 2.47. The molecule has 0 unspecified atom stereocenters. The summed E-state index contributed by atoms with van der Waals surface area (Å²) in [6.45, 7) is 2.21. The van der Waals surface area contributed by atoms with Crippen molar-refractivity contribution in [1.29, 1.82) is 0 Å². The molecule has 3 atom stereocenters. The summed E-state index contributed by atoms with van der Waals surface area (Å²) < 4.78 is 0. The average molecular weight is 344 g/mol. The molecule has 1 nitrogen and oxygen atoms in total. The van der Waals surface area contributed by atoms with Gasteiger partial charge in [-0.25, -0.2) is 0 Å². The number of allylic oxidation sites excluding steroid dienone is 2. The summed E-state index contributed by atoms with van der Waals surface area (Å²) in [6.07, 6.45) is 6.81. The minimum absolute atomic E-state index is 0.268. The minimum atomic E-state index is 0.268. The van der Waals surface area contributed by atoms with Gasteiger partial charge in [0.1, 0.15) is 0 Å². The molecule has 0 saturated heterocycles. The molecule has 0 fully saturated rings. The van der Waals surface area contributed by atoms with Gasteiger partial charge in [0, 0.05) is 11.6 Å². The van der Waals surface area contributed by atoms with Gasteiger partial charge in [0.15, 0.2) is 0 Å². The summed E-state index contributed by atoms with van der Waals surface area (Å²) in [5, 5.41) is 5.05. The predicted molar refractivity (Wildman–Crippen MR) is 98.6 cm³/mol. The molecule has 1 heterocycles. The van der Waals surface area contributed by atoms with Crippen LogP contribution in [0.3, 0.4) is 0 Å². The lowest BCUT2D eigenvalue weighted by Crippen LogP contribution is -2.29. The molecule has 3 heteroatoms. The number of para-hydroxylation sites is 1. The molecular formula is C20H19Cl2N. The Hall–Kier alpha value is -1.44. The first kappa shape index (κ1) is 15.1. The largest absolute Gasteiger partial charge is 0.377 e. The van der Waals surface area contributed by atoms with E-state index in [0.29, 0.717) is 21.9 Å². The number of anilines is 1. The molecule has 0 aromatic heterocycles. The van der Waals surface area contributed by atoms with Crippen LogP contribution in [0.15, 0.2) is 48.6 Å². The number of benzene rings is 2. The van der Waals surface area contributed by atoms with Gasteiger partial charge >= 0.3 is 0 Å². The van der Waals surface area contributed by atoms with E-state index in [1.807, 2.05) is 12.1 Å². The number of halogens is 2. The first-order valence-corrected chi connectivity index (χ1v) is 8.94. The normalized spacial score (nSPS) is 24.9. The lowest BCUT2D eigenvalue weighted by Gasteiger charge is -2.38. The van der Waals surface area contributed by atoms with Crippen molar-refractivity contribution < 1.29 is 0 Å². The Kier molecular flexibility index (Phi) is 3.87. The molecule has 4 rings (SSSR count). The van der Waals surface area contributed by atoms with Crippen molar-refractivity contribution in [2.24, 2.45) is 5.92 Å². The third-order valence-corrected chi connectivity index (χ3v) is 5.91. The predicted octanol–water partition coefficient (Wildman–Crippen LogP) is 6.38. The van der Waals surface area contributed by atoms with Crippen LogP contribution in [0.1, 0.15) is 42.0 Å². The number of nitrogens with one attached hydrogen (secondary N) is 1. The molecule has 1 aliphatic carbocycles. The number of fused-ring (bicyclic) bond motifs is 3. The second kappa shape index (κ2) is 5.89. The van der Waals surface area contributed by atoms with Crippen LogP contribution in [0.4, 0.5) is 5.69 Å². The van der Waals surface area contributed by atoms with Crippen LogP contribution in [0, 0.1) is 5.92 Å². The SMILES string of the molecule is CCc1cccc2c1N[C@H](c1ccc(Cl)c(Cl)c1)[C@@H]1CC=C[C@H]21. The van der Waals surface area contributed by atoms with Crippen LogP contribution in [-0.2, 0) is 6.42 Å². The van der Waals surface area contributed by atoms with Gasteiger partial charge in [0.2, 0.25) is 0 Å². The minimum Gasteiger partial charge on any atom is -0.377 e. The van der Waals surface area contributed by atoms with Crippen molar-refractivity contribution >= 4 is 28.9 Å². The van der Waals surface area contributed by atoms with Gasteiger partial charge in [0.05, 0.1) is 16.1 Å². The monoisotopic (exact) mass is 343 g/mol. The van der Waals surface area contributed by atoms with E-state index in [4.69, 9.17) is 23.2 Å². The molecule has 0 spiro atoms. The number of hydrogen-bond acceptors (Lipinski definition) is 1. The van der Waals surface area contributed by atoms with Crippen molar-refractivity contribution in [1.82, 2.24) is 0 Å². The van der Waals surface area contributed by atoms with E-state index in [0.717, 1.165) is 12.8 Å². The molecule has 2 aliphatic rings. The molecule has 23 heavy (non-hydrogen) atoms. The topological polar surface area (TPSA) is 12.0 Å². The van der Waals surface area contributed by atoms with Crippen LogP contribution in [0.2, 0.25) is 10.0 Å². The highest BCUT2D eigenvalue weighted by Crippen LogP contribution is 2.51. The molecular weight excluding hydrogens is 325 g/mol. The number of rotatable bonds is 2.